The molecule has 4 heteroatoms. The topological polar surface area (TPSA) is 25.8 Å². The molecule has 0 atom stereocenters. The van der Waals surface area contributed by atoms with E-state index in [1.54, 1.807) is 22.7 Å². The van der Waals surface area contributed by atoms with E-state index >= 15 is 0 Å². The molecule has 2 aromatic heterocycles. The molecule has 30 heavy (non-hydrogen) atoms. The fourth-order valence-electron chi connectivity index (χ4n) is 4.14. The van der Waals surface area contributed by atoms with Gasteiger partial charge in [-0.1, -0.05) is 95.5 Å². The van der Waals surface area contributed by atoms with Crippen LogP contribution in [-0.4, -0.2) is 9.97 Å². The van der Waals surface area contributed by atoms with Crippen molar-refractivity contribution in [2.24, 2.45) is 0 Å². The SMILES string of the molecule is Cc1ccc(-c2nc3sc(-c4ccc(C)c5ccccc45)nc3s2)c2ccccc12. The van der Waals surface area contributed by atoms with Crippen molar-refractivity contribution < 1.29 is 0 Å². The molecule has 0 radical (unpaired) electrons. The largest absolute Gasteiger partial charge is 0.223 e. The Hall–Kier alpha value is -3.08. The predicted molar refractivity (Wildman–Crippen MR) is 131 cm³/mol. The molecular weight excluding hydrogens is 404 g/mol. The lowest BCUT2D eigenvalue weighted by Crippen LogP contribution is -1.84. The summed E-state index contributed by atoms with van der Waals surface area (Å²) in [5, 5.41) is 7.16. The van der Waals surface area contributed by atoms with Gasteiger partial charge in [0.1, 0.15) is 10.0 Å². The van der Waals surface area contributed by atoms with Crippen LogP contribution in [0.5, 0.6) is 0 Å². The zero-order valence-corrected chi connectivity index (χ0v) is 18.3. The van der Waals surface area contributed by atoms with E-state index in [2.05, 4.69) is 86.6 Å². The van der Waals surface area contributed by atoms with Gasteiger partial charge in [-0.15, -0.1) is 0 Å². The van der Waals surface area contributed by atoms with Crippen LogP contribution < -0.4 is 0 Å². The maximum absolute atomic E-state index is 4.98. The Labute approximate surface area is 182 Å². The third kappa shape index (κ3) is 2.68. The zero-order valence-electron chi connectivity index (χ0n) is 16.6. The number of hydrogen-bond acceptors (Lipinski definition) is 4. The molecule has 0 amide bonds. The monoisotopic (exact) mass is 422 g/mol. The standard InChI is InChI=1S/C26H18N2S2/c1-15-11-13-21(19-9-5-3-7-17(15)19)23-27-25-26(29-23)28-24(30-25)22-14-12-16(2)18-8-4-6-10-20(18)22/h3-14H,1-2H3. The Kier molecular flexibility index (Phi) is 3.98. The fraction of sp³-hybridized carbons (Fsp3) is 0.0769. The lowest BCUT2D eigenvalue weighted by molar-refractivity contribution is 1.48. The highest BCUT2D eigenvalue weighted by Gasteiger charge is 2.16. The van der Waals surface area contributed by atoms with Crippen LogP contribution in [0.4, 0.5) is 0 Å². The average molecular weight is 423 g/mol. The first kappa shape index (κ1) is 17.8. The van der Waals surface area contributed by atoms with Crippen molar-refractivity contribution in [3.05, 3.63) is 83.9 Å². The highest BCUT2D eigenvalue weighted by atomic mass is 32.1. The van der Waals surface area contributed by atoms with E-state index < -0.39 is 0 Å². The molecule has 0 fully saturated rings. The van der Waals surface area contributed by atoms with Crippen molar-refractivity contribution in [1.29, 1.82) is 0 Å². The minimum absolute atomic E-state index is 1.01. The van der Waals surface area contributed by atoms with Gasteiger partial charge in [-0.05, 0) is 46.5 Å². The van der Waals surface area contributed by atoms with Crippen molar-refractivity contribution in [3.8, 4) is 21.1 Å². The van der Waals surface area contributed by atoms with Crippen LogP contribution in [0.1, 0.15) is 11.1 Å². The van der Waals surface area contributed by atoms with Gasteiger partial charge in [0.15, 0.2) is 9.66 Å². The molecule has 0 N–H and O–H groups in total. The molecule has 0 aliphatic rings. The molecule has 0 aliphatic heterocycles. The Bertz CT molecular complexity index is 1430. The summed E-state index contributed by atoms with van der Waals surface area (Å²) in [6, 6.07) is 25.9. The summed E-state index contributed by atoms with van der Waals surface area (Å²) in [7, 11) is 0. The molecule has 0 saturated heterocycles. The summed E-state index contributed by atoms with van der Waals surface area (Å²) in [5.74, 6) is 0. The molecule has 0 aliphatic carbocycles. The van der Waals surface area contributed by atoms with E-state index in [1.165, 1.54) is 43.8 Å². The molecule has 0 unspecified atom stereocenters. The maximum atomic E-state index is 4.98. The van der Waals surface area contributed by atoms with Gasteiger partial charge in [0.2, 0.25) is 0 Å². The molecule has 2 heterocycles. The van der Waals surface area contributed by atoms with Crippen LogP contribution in [0.25, 0.3) is 52.3 Å². The molecule has 144 valence electrons. The maximum Gasteiger partial charge on any atom is 0.155 e. The van der Waals surface area contributed by atoms with Crippen LogP contribution in [0.15, 0.2) is 72.8 Å². The number of aromatic nitrogens is 2. The van der Waals surface area contributed by atoms with Crippen LogP contribution in [-0.2, 0) is 0 Å². The Morgan fingerprint density at radius 1 is 0.500 bits per heavy atom. The summed E-state index contributed by atoms with van der Waals surface area (Å²) in [4.78, 5) is 12.0. The zero-order chi connectivity index (χ0) is 20.2. The summed E-state index contributed by atoms with van der Waals surface area (Å²) in [6.45, 7) is 4.32. The van der Waals surface area contributed by atoms with Crippen molar-refractivity contribution in [2.75, 3.05) is 0 Å². The van der Waals surface area contributed by atoms with Gasteiger partial charge < -0.3 is 0 Å². The lowest BCUT2D eigenvalue weighted by atomic mass is 10.0. The molecule has 0 spiro atoms. The first-order chi connectivity index (χ1) is 14.7. The highest BCUT2D eigenvalue weighted by Crippen LogP contribution is 2.40. The van der Waals surface area contributed by atoms with E-state index in [1.807, 2.05) is 0 Å². The van der Waals surface area contributed by atoms with E-state index in [0.29, 0.717) is 0 Å². The predicted octanol–water partition coefficient (Wildman–Crippen LogP) is 8.01. The average Bonchev–Trinajstić information content (AvgIpc) is 3.34. The first-order valence-corrected chi connectivity index (χ1v) is 11.6. The molecule has 4 aromatic carbocycles. The second-order valence-corrected chi connectivity index (χ2v) is 9.55. The lowest BCUT2D eigenvalue weighted by Gasteiger charge is -2.07. The van der Waals surface area contributed by atoms with Crippen LogP contribution in [0.2, 0.25) is 0 Å². The summed E-state index contributed by atoms with van der Waals surface area (Å²) in [6.07, 6.45) is 0. The fourth-order valence-corrected chi connectivity index (χ4v) is 6.27. The van der Waals surface area contributed by atoms with Gasteiger partial charge in [-0.2, -0.15) is 0 Å². The van der Waals surface area contributed by atoms with Gasteiger partial charge in [-0.3, -0.25) is 0 Å². The molecule has 0 saturated carbocycles. The number of aryl methyl sites for hydroxylation is 2. The van der Waals surface area contributed by atoms with Gasteiger partial charge in [0.25, 0.3) is 0 Å². The molecule has 0 bridgehead atoms. The normalized spacial score (nSPS) is 11.7. The van der Waals surface area contributed by atoms with Crippen LogP contribution >= 0.6 is 22.7 Å². The first-order valence-electron chi connectivity index (χ1n) is 9.94. The van der Waals surface area contributed by atoms with E-state index in [0.717, 1.165) is 19.7 Å². The van der Waals surface area contributed by atoms with Gasteiger partial charge in [-0.25, -0.2) is 9.97 Å². The second-order valence-electron chi connectivity index (χ2n) is 7.60. The highest BCUT2D eigenvalue weighted by molar-refractivity contribution is 7.29. The molecule has 6 rings (SSSR count). The second kappa shape index (κ2) is 6.73. The molecule has 6 aromatic rings. The van der Waals surface area contributed by atoms with Crippen molar-refractivity contribution >= 4 is 53.9 Å². The van der Waals surface area contributed by atoms with Gasteiger partial charge in [0.05, 0.1) is 0 Å². The number of rotatable bonds is 2. The third-order valence-corrected chi connectivity index (χ3v) is 7.82. The van der Waals surface area contributed by atoms with E-state index in [4.69, 9.17) is 9.97 Å². The summed E-state index contributed by atoms with van der Waals surface area (Å²) >= 11 is 3.37. The van der Waals surface area contributed by atoms with E-state index in [9.17, 15) is 0 Å². The Morgan fingerprint density at radius 3 is 1.33 bits per heavy atom. The number of fused-ring (bicyclic) bond motifs is 3. The van der Waals surface area contributed by atoms with Crippen molar-refractivity contribution in [3.63, 3.8) is 0 Å². The number of thiazole rings is 2. The van der Waals surface area contributed by atoms with Crippen molar-refractivity contribution in [2.45, 2.75) is 13.8 Å². The Morgan fingerprint density at radius 2 is 0.900 bits per heavy atom. The van der Waals surface area contributed by atoms with Crippen LogP contribution in [0, 0.1) is 13.8 Å². The van der Waals surface area contributed by atoms with E-state index in [-0.39, 0.29) is 0 Å². The smallest absolute Gasteiger partial charge is 0.155 e. The third-order valence-electron chi connectivity index (χ3n) is 5.72. The molecule has 2 nitrogen and oxygen atoms in total. The van der Waals surface area contributed by atoms with Crippen molar-refractivity contribution in [1.82, 2.24) is 9.97 Å². The minimum Gasteiger partial charge on any atom is -0.223 e. The number of hydrogen-bond donors (Lipinski definition) is 0. The summed E-state index contributed by atoms with van der Waals surface area (Å²) in [5.41, 5.74) is 4.96. The Balaban J connectivity index is 1.50. The summed E-state index contributed by atoms with van der Waals surface area (Å²) < 4.78 is 0. The quantitative estimate of drug-likeness (QED) is 0.282. The van der Waals surface area contributed by atoms with Gasteiger partial charge in [0, 0.05) is 11.1 Å². The minimum atomic E-state index is 1.01. The number of benzene rings is 4. The van der Waals surface area contributed by atoms with Gasteiger partial charge >= 0.3 is 0 Å². The van der Waals surface area contributed by atoms with Crippen LogP contribution in [0.3, 0.4) is 0 Å². The molecular formula is C26H18N2S2. The number of nitrogens with zero attached hydrogens (tertiary/aromatic N) is 2.